The molecule has 8 heavy (non-hydrogen) atoms. The molecule has 0 aliphatic heterocycles. The molecule has 6 heteroatoms. The number of hydroxylamine groups is 1. The van der Waals surface area contributed by atoms with Crippen LogP contribution in [0, 0.1) is 0 Å². The van der Waals surface area contributed by atoms with Crippen LogP contribution in [0.3, 0.4) is 0 Å². The summed E-state index contributed by atoms with van der Waals surface area (Å²) in [4.78, 5) is 7.92. The molecule has 1 unspecified atom stereocenters. The van der Waals surface area contributed by atoms with E-state index in [0.29, 0.717) is 0 Å². The average molecular weight is 140 g/mol. The number of hydrogen-bond acceptors (Lipinski definition) is 4. The van der Waals surface area contributed by atoms with E-state index in [-0.39, 0.29) is 13.2 Å². The molecule has 0 heterocycles. The van der Waals surface area contributed by atoms with Gasteiger partial charge in [0.05, 0.1) is 6.61 Å². The van der Waals surface area contributed by atoms with Gasteiger partial charge in [-0.15, -0.1) is 10.4 Å². The van der Waals surface area contributed by atoms with Gasteiger partial charge in [-0.25, -0.2) is 0 Å². The third-order valence-electron chi connectivity index (χ3n) is 0.357. The minimum Gasteiger partial charge on any atom is -0.395 e. The summed E-state index contributed by atoms with van der Waals surface area (Å²) in [5, 5.41) is 8.06. The van der Waals surface area contributed by atoms with Crippen LogP contribution < -0.4 is 5.48 Å². The van der Waals surface area contributed by atoms with Gasteiger partial charge in [0, 0.05) is 11.1 Å². The van der Waals surface area contributed by atoms with Crippen molar-refractivity contribution in [1.29, 1.82) is 0 Å². The molecule has 0 aliphatic carbocycles. The van der Waals surface area contributed by atoms with Gasteiger partial charge in [0.15, 0.2) is 0 Å². The van der Waals surface area contributed by atoms with E-state index in [1.54, 1.807) is 0 Å². The van der Waals surface area contributed by atoms with Crippen LogP contribution in [-0.2, 0) is 9.19 Å². The van der Waals surface area contributed by atoms with Crippen molar-refractivity contribution < 1.29 is 19.2 Å². The van der Waals surface area contributed by atoms with E-state index < -0.39 is 8.25 Å². The van der Waals surface area contributed by atoms with Crippen LogP contribution in [0.25, 0.3) is 0 Å². The SMILES string of the molecule is O=[P+](O)ONCCO. The highest BCUT2D eigenvalue weighted by Gasteiger charge is 2.09. The summed E-state index contributed by atoms with van der Waals surface area (Å²) in [6.07, 6.45) is 0. The number of aliphatic hydroxyl groups is 1. The Bertz CT molecular complexity index is 76.4. The van der Waals surface area contributed by atoms with Gasteiger partial charge in [-0.3, -0.25) is 0 Å². The molecule has 0 saturated heterocycles. The zero-order valence-electron chi connectivity index (χ0n) is 4.07. The van der Waals surface area contributed by atoms with Gasteiger partial charge in [-0.1, -0.05) is 0 Å². The van der Waals surface area contributed by atoms with Gasteiger partial charge in [-0.2, -0.15) is 0 Å². The molecule has 48 valence electrons. The van der Waals surface area contributed by atoms with Crippen molar-refractivity contribution in [3.05, 3.63) is 0 Å². The molecule has 0 aliphatic rings. The van der Waals surface area contributed by atoms with Gasteiger partial charge in [0.25, 0.3) is 0 Å². The molecule has 0 radical (unpaired) electrons. The summed E-state index contributed by atoms with van der Waals surface area (Å²) < 4.78 is 13.6. The zero-order valence-corrected chi connectivity index (χ0v) is 4.97. The normalized spacial score (nSPS) is 11.5. The van der Waals surface area contributed by atoms with Crippen LogP contribution in [0.15, 0.2) is 0 Å². The van der Waals surface area contributed by atoms with Crippen LogP contribution >= 0.6 is 8.25 Å². The Morgan fingerprint density at radius 2 is 2.38 bits per heavy atom. The third kappa shape index (κ3) is 5.94. The summed E-state index contributed by atoms with van der Waals surface area (Å²) in [7, 11) is -2.58. The maximum absolute atomic E-state index is 9.66. The fourth-order valence-electron chi connectivity index (χ4n) is 0.147. The molecule has 0 aromatic carbocycles. The van der Waals surface area contributed by atoms with E-state index >= 15 is 0 Å². The fourth-order valence-corrected chi connectivity index (χ4v) is 0.348. The number of hydrogen-bond donors (Lipinski definition) is 3. The van der Waals surface area contributed by atoms with Gasteiger partial charge in [-0.05, 0) is 4.62 Å². The maximum atomic E-state index is 9.66. The Kier molecular flexibility index (Phi) is 5.05. The van der Waals surface area contributed by atoms with Gasteiger partial charge in [0.1, 0.15) is 0 Å². The first-order valence-electron chi connectivity index (χ1n) is 1.94. The summed E-state index contributed by atoms with van der Waals surface area (Å²) in [5.41, 5.74) is 2.05. The van der Waals surface area contributed by atoms with Crippen LogP contribution in [0.5, 0.6) is 0 Å². The predicted octanol–water partition coefficient (Wildman–Crippen LogP) is -0.850. The summed E-state index contributed by atoms with van der Waals surface area (Å²) in [5.74, 6) is 0. The second-order valence-corrected chi connectivity index (χ2v) is 1.61. The maximum Gasteiger partial charge on any atom is 0.713 e. The van der Waals surface area contributed by atoms with Gasteiger partial charge < -0.3 is 5.11 Å². The van der Waals surface area contributed by atoms with E-state index in [1.807, 2.05) is 0 Å². The Morgan fingerprint density at radius 3 is 2.75 bits per heavy atom. The Hall–Kier alpha value is -0.0600. The first kappa shape index (κ1) is 7.94. The van der Waals surface area contributed by atoms with Crippen molar-refractivity contribution >= 4 is 8.25 Å². The quantitative estimate of drug-likeness (QED) is 0.269. The largest absolute Gasteiger partial charge is 0.713 e. The van der Waals surface area contributed by atoms with Crippen molar-refractivity contribution in [2.45, 2.75) is 0 Å². The van der Waals surface area contributed by atoms with E-state index in [2.05, 4.69) is 10.1 Å². The lowest BCUT2D eigenvalue weighted by atomic mass is 10.8. The topological polar surface area (TPSA) is 78.8 Å². The molecule has 0 aromatic rings. The Labute approximate surface area is 47.2 Å². The fraction of sp³-hybridized carbons (Fsp3) is 1.00. The minimum absolute atomic E-state index is 0.122. The molecule has 0 aromatic heterocycles. The van der Waals surface area contributed by atoms with Crippen molar-refractivity contribution in [2.24, 2.45) is 0 Å². The van der Waals surface area contributed by atoms with Crippen LogP contribution in [0.4, 0.5) is 0 Å². The molecule has 0 spiro atoms. The molecular weight excluding hydrogens is 133 g/mol. The molecule has 1 atom stereocenters. The van der Waals surface area contributed by atoms with E-state index in [9.17, 15) is 4.57 Å². The van der Waals surface area contributed by atoms with E-state index in [1.165, 1.54) is 0 Å². The molecule has 3 N–H and O–H groups in total. The van der Waals surface area contributed by atoms with Crippen molar-refractivity contribution in [3.8, 4) is 0 Å². The standard InChI is InChI=1S/C2H6NO4P/c4-2-1-3-7-8(5)6/h3-4H,1-2H2/p+1. The molecule has 0 rings (SSSR count). The van der Waals surface area contributed by atoms with E-state index in [4.69, 9.17) is 10.00 Å². The minimum atomic E-state index is -2.58. The zero-order chi connectivity index (χ0) is 6.41. The lowest BCUT2D eigenvalue weighted by molar-refractivity contribution is 0.155. The molecular formula is C2H7NO4P+. The van der Waals surface area contributed by atoms with E-state index in [0.717, 1.165) is 0 Å². The first-order valence-corrected chi connectivity index (χ1v) is 3.07. The van der Waals surface area contributed by atoms with Crippen LogP contribution in [0.1, 0.15) is 0 Å². The monoisotopic (exact) mass is 140 g/mol. The molecule has 0 amide bonds. The summed E-state index contributed by atoms with van der Waals surface area (Å²) in [6.45, 7) is 0.0325. The average Bonchev–Trinajstić information content (AvgIpc) is 1.66. The summed E-state index contributed by atoms with van der Waals surface area (Å²) >= 11 is 0. The highest BCUT2D eigenvalue weighted by Crippen LogP contribution is 2.09. The lowest BCUT2D eigenvalue weighted by Gasteiger charge is -1.86. The van der Waals surface area contributed by atoms with Crippen LogP contribution in [0.2, 0.25) is 0 Å². The molecule has 0 saturated carbocycles. The smallest absolute Gasteiger partial charge is 0.395 e. The Balaban J connectivity index is 2.82. The lowest BCUT2D eigenvalue weighted by Crippen LogP contribution is -2.14. The third-order valence-corrected chi connectivity index (χ3v) is 0.642. The number of aliphatic hydroxyl groups excluding tert-OH is 1. The number of nitrogens with one attached hydrogen (secondary N) is 1. The van der Waals surface area contributed by atoms with Crippen LogP contribution in [-0.4, -0.2) is 23.2 Å². The molecule has 0 bridgehead atoms. The van der Waals surface area contributed by atoms with Crippen molar-refractivity contribution in [3.63, 3.8) is 0 Å². The van der Waals surface area contributed by atoms with Gasteiger partial charge in [0.2, 0.25) is 0 Å². The van der Waals surface area contributed by atoms with Crippen molar-refractivity contribution in [1.82, 2.24) is 5.48 Å². The second kappa shape index (κ2) is 5.08. The Morgan fingerprint density at radius 1 is 1.75 bits per heavy atom. The highest BCUT2D eigenvalue weighted by molar-refractivity contribution is 7.32. The summed E-state index contributed by atoms with van der Waals surface area (Å²) in [6, 6.07) is 0. The molecule has 5 nitrogen and oxygen atoms in total. The predicted molar refractivity (Wildman–Crippen MR) is 26.0 cm³/mol. The van der Waals surface area contributed by atoms with Crippen molar-refractivity contribution in [2.75, 3.05) is 13.2 Å². The number of rotatable bonds is 4. The van der Waals surface area contributed by atoms with Gasteiger partial charge >= 0.3 is 8.25 Å². The highest BCUT2D eigenvalue weighted by atomic mass is 31.1. The second-order valence-electron chi connectivity index (χ2n) is 0.947. The molecule has 0 fully saturated rings. The first-order chi connectivity index (χ1) is 3.77.